The van der Waals surface area contributed by atoms with Crippen molar-refractivity contribution in [2.45, 2.75) is 41.7 Å². The standard InChI is InChI=1S/C25H21N3O2S2/c26-14-20-19-11-6-16(15-4-2-1-3-5-15)12-21(19)32-25(20)28-23(29)13-22(24(28)30)31-18-9-7-17(27)8-10-18/h1-5,7-10,16,22H,6,11-13,27H2/t16-,22-/m0/s1. The summed E-state index contributed by atoms with van der Waals surface area (Å²) in [6, 6.07) is 20.0. The SMILES string of the molecule is N#Cc1c(N2C(=O)C[C@H](Sc3ccc(N)cc3)C2=O)sc2c1CC[C@H](c1ccccc1)C2. The van der Waals surface area contributed by atoms with Gasteiger partial charge in [0.1, 0.15) is 11.1 Å². The molecule has 1 saturated heterocycles. The van der Waals surface area contributed by atoms with Crippen LogP contribution < -0.4 is 10.6 Å². The van der Waals surface area contributed by atoms with Crippen molar-refractivity contribution in [3.63, 3.8) is 0 Å². The molecule has 0 saturated carbocycles. The van der Waals surface area contributed by atoms with Gasteiger partial charge in [-0.3, -0.25) is 9.59 Å². The number of imide groups is 1. The van der Waals surface area contributed by atoms with Crippen LogP contribution in [0, 0.1) is 11.3 Å². The number of nitriles is 1. The molecule has 2 amide bonds. The fraction of sp³-hybridized carbons (Fsp3) is 0.240. The lowest BCUT2D eigenvalue weighted by Gasteiger charge is -2.22. The first kappa shape index (κ1) is 20.8. The Kier molecular flexibility index (Phi) is 5.50. The van der Waals surface area contributed by atoms with Crippen molar-refractivity contribution in [3.8, 4) is 6.07 Å². The molecule has 7 heteroatoms. The number of carbonyl (C=O) groups is 2. The number of rotatable bonds is 4. The van der Waals surface area contributed by atoms with E-state index in [1.165, 1.54) is 33.6 Å². The van der Waals surface area contributed by atoms with E-state index in [1.807, 2.05) is 30.3 Å². The maximum atomic E-state index is 13.2. The van der Waals surface area contributed by atoms with Crippen LogP contribution in [0.5, 0.6) is 0 Å². The van der Waals surface area contributed by atoms with Crippen molar-refractivity contribution in [2.24, 2.45) is 0 Å². The summed E-state index contributed by atoms with van der Waals surface area (Å²) >= 11 is 2.81. The first-order chi connectivity index (χ1) is 15.5. The van der Waals surface area contributed by atoms with Crippen LogP contribution in [0.15, 0.2) is 59.5 Å². The molecule has 0 bridgehead atoms. The van der Waals surface area contributed by atoms with E-state index in [-0.39, 0.29) is 18.2 Å². The van der Waals surface area contributed by atoms with E-state index in [2.05, 4.69) is 18.2 Å². The first-order valence-corrected chi connectivity index (χ1v) is 12.2. The summed E-state index contributed by atoms with van der Waals surface area (Å²) in [6.45, 7) is 0. The van der Waals surface area contributed by atoms with E-state index in [4.69, 9.17) is 5.73 Å². The van der Waals surface area contributed by atoms with E-state index in [9.17, 15) is 14.9 Å². The molecule has 2 N–H and O–H groups in total. The minimum atomic E-state index is -0.492. The molecule has 2 aromatic carbocycles. The van der Waals surface area contributed by atoms with Crippen LogP contribution in [-0.2, 0) is 22.4 Å². The summed E-state index contributed by atoms with van der Waals surface area (Å²) in [7, 11) is 0. The molecule has 5 rings (SSSR count). The van der Waals surface area contributed by atoms with Crippen LogP contribution in [0.4, 0.5) is 10.7 Å². The van der Waals surface area contributed by atoms with Gasteiger partial charge in [0.25, 0.3) is 0 Å². The van der Waals surface area contributed by atoms with Crippen LogP contribution in [0.25, 0.3) is 0 Å². The van der Waals surface area contributed by atoms with Gasteiger partial charge in [0, 0.05) is 21.9 Å². The molecule has 160 valence electrons. The van der Waals surface area contributed by atoms with Crippen molar-refractivity contribution in [1.82, 2.24) is 0 Å². The van der Waals surface area contributed by atoms with Crippen molar-refractivity contribution in [3.05, 3.63) is 76.2 Å². The smallest absolute Gasteiger partial charge is 0.248 e. The van der Waals surface area contributed by atoms with Crippen LogP contribution >= 0.6 is 23.1 Å². The zero-order valence-corrected chi connectivity index (χ0v) is 18.9. The van der Waals surface area contributed by atoms with E-state index in [1.54, 1.807) is 12.1 Å². The van der Waals surface area contributed by atoms with Gasteiger partial charge < -0.3 is 5.73 Å². The van der Waals surface area contributed by atoms with E-state index in [0.717, 1.165) is 34.6 Å². The number of thiophene rings is 1. The summed E-state index contributed by atoms with van der Waals surface area (Å²) in [5.41, 5.74) is 9.19. The zero-order chi connectivity index (χ0) is 22.2. The van der Waals surface area contributed by atoms with E-state index in [0.29, 0.717) is 22.2 Å². The number of hydrogen-bond acceptors (Lipinski definition) is 6. The lowest BCUT2D eigenvalue weighted by atomic mass is 9.83. The number of hydrogen-bond donors (Lipinski definition) is 1. The lowest BCUT2D eigenvalue weighted by Crippen LogP contribution is -2.31. The Morgan fingerprint density at radius 2 is 1.81 bits per heavy atom. The maximum absolute atomic E-state index is 13.2. The summed E-state index contributed by atoms with van der Waals surface area (Å²) < 4.78 is 0. The predicted octanol–water partition coefficient (Wildman–Crippen LogP) is 4.90. The quantitative estimate of drug-likeness (QED) is 0.443. The number of nitrogens with zero attached hydrogens (tertiary/aromatic N) is 2. The van der Waals surface area contributed by atoms with Crippen LogP contribution in [0.2, 0.25) is 0 Å². The normalized spacial score (nSPS) is 20.3. The summed E-state index contributed by atoms with van der Waals surface area (Å²) in [6.07, 6.45) is 2.71. The molecule has 1 aliphatic carbocycles. The molecule has 2 aliphatic rings. The number of thioether (sulfide) groups is 1. The van der Waals surface area contributed by atoms with Crippen molar-refractivity contribution >= 4 is 45.6 Å². The molecule has 2 heterocycles. The molecule has 32 heavy (non-hydrogen) atoms. The monoisotopic (exact) mass is 459 g/mol. The second-order valence-corrected chi connectivity index (χ2v) is 10.5. The number of nitrogens with two attached hydrogens (primary N) is 1. The van der Waals surface area contributed by atoms with Crippen LogP contribution in [0.3, 0.4) is 0 Å². The average molecular weight is 460 g/mol. The molecule has 3 aromatic rings. The Morgan fingerprint density at radius 3 is 2.53 bits per heavy atom. The Labute approximate surface area is 194 Å². The lowest BCUT2D eigenvalue weighted by molar-refractivity contribution is -0.121. The molecule has 0 spiro atoms. The number of benzene rings is 2. The second kappa shape index (κ2) is 8.45. The highest BCUT2D eigenvalue weighted by Crippen LogP contribution is 2.45. The minimum Gasteiger partial charge on any atom is -0.399 e. The minimum absolute atomic E-state index is 0.133. The fourth-order valence-electron chi connectivity index (χ4n) is 4.47. The summed E-state index contributed by atoms with van der Waals surface area (Å²) in [4.78, 5) is 29.4. The van der Waals surface area contributed by atoms with Crippen molar-refractivity contribution < 1.29 is 9.59 Å². The molecular formula is C25H21N3O2S2. The fourth-order valence-corrected chi connectivity index (χ4v) is 6.93. The third kappa shape index (κ3) is 3.70. The molecule has 1 aliphatic heterocycles. The Balaban J connectivity index is 1.42. The molecule has 2 atom stereocenters. The van der Waals surface area contributed by atoms with Gasteiger partial charge in [-0.25, -0.2) is 4.90 Å². The number of fused-ring (bicyclic) bond motifs is 1. The number of nitrogen functional groups attached to an aromatic ring is 1. The number of carbonyl (C=O) groups excluding carboxylic acids is 2. The highest BCUT2D eigenvalue weighted by molar-refractivity contribution is 8.00. The zero-order valence-electron chi connectivity index (χ0n) is 17.3. The summed E-state index contributed by atoms with van der Waals surface area (Å²) in [5, 5.41) is 9.91. The number of anilines is 2. The molecule has 0 radical (unpaired) electrons. The maximum Gasteiger partial charge on any atom is 0.248 e. The van der Waals surface area contributed by atoms with E-state index < -0.39 is 5.25 Å². The highest BCUT2D eigenvalue weighted by atomic mass is 32.2. The second-order valence-electron chi connectivity index (χ2n) is 8.09. The molecule has 5 nitrogen and oxygen atoms in total. The Morgan fingerprint density at radius 1 is 1.06 bits per heavy atom. The van der Waals surface area contributed by atoms with Crippen LogP contribution in [-0.4, -0.2) is 17.1 Å². The van der Waals surface area contributed by atoms with E-state index >= 15 is 0 Å². The van der Waals surface area contributed by atoms with Gasteiger partial charge in [0.2, 0.25) is 11.8 Å². The molecule has 1 aromatic heterocycles. The molecular weight excluding hydrogens is 438 g/mol. The van der Waals surface area contributed by atoms with Gasteiger partial charge in [-0.1, -0.05) is 30.3 Å². The highest BCUT2D eigenvalue weighted by Gasteiger charge is 2.43. The average Bonchev–Trinajstić information content (AvgIpc) is 3.30. The molecule has 0 unspecified atom stereocenters. The Hall–Kier alpha value is -3.08. The van der Waals surface area contributed by atoms with Gasteiger partial charge in [-0.05, 0) is 60.6 Å². The predicted molar refractivity (Wildman–Crippen MR) is 128 cm³/mol. The third-order valence-corrected chi connectivity index (χ3v) is 8.53. The van der Waals surface area contributed by atoms with Crippen LogP contribution in [0.1, 0.15) is 40.3 Å². The van der Waals surface area contributed by atoms with Gasteiger partial charge in [-0.15, -0.1) is 23.1 Å². The third-order valence-electron chi connectivity index (χ3n) is 6.10. The first-order valence-electron chi connectivity index (χ1n) is 10.5. The van der Waals surface area contributed by atoms with Gasteiger partial charge in [0.05, 0.1) is 10.8 Å². The van der Waals surface area contributed by atoms with Gasteiger partial charge in [0.15, 0.2) is 0 Å². The van der Waals surface area contributed by atoms with Crippen molar-refractivity contribution in [1.29, 1.82) is 5.26 Å². The number of amides is 2. The Bertz CT molecular complexity index is 1230. The molecule has 1 fully saturated rings. The topological polar surface area (TPSA) is 87.2 Å². The largest absolute Gasteiger partial charge is 0.399 e. The van der Waals surface area contributed by atoms with Crippen molar-refractivity contribution in [2.75, 3.05) is 10.6 Å². The van der Waals surface area contributed by atoms with Gasteiger partial charge >= 0.3 is 0 Å². The summed E-state index contributed by atoms with van der Waals surface area (Å²) in [5.74, 6) is -0.0928. The van der Waals surface area contributed by atoms with Gasteiger partial charge in [-0.2, -0.15) is 5.26 Å².